The first-order valence-electron chi connectivity index (χ1n) is 12.0. The smallest absolute Gasteiger partial charge is 0.265 e. The normalized spacial score (nSPS) is 19.7. The highest BCUT2D eigenvalue weighted by molar-refractivity contribution is 7.89. The Hall–Kier alpha value is -1.95. The lowest BCUT2D eigenvalue weighted by Gasteiger charge is -2.20. The maximum absolute atomic E-state index is 13.4. The molecule has 32 heavy (non-hydrogen) atoms. The number of hydrogen-bond acceptors (Lipinski definition) is 3. The van der Waals surface area contributed by atoms with Gasteiger partial charge in [0.15, 0.2) is 0 Å². The van der Waals surface area contributed by atoms with Gasteiger partial charge in [0.05, 0.1) is 17.0 Å². The molecule has 1 aliphatic heterocycles. The maximum Gasteiger partial charge on any atom is 0.265 e. The lowest BCUT2D eigenvalue weighted by atomic mass is 10.0. The summed E-state index contributed by atoms with van der Waals surface area (Å²) in [4.78, 5) is 6.33. The van der Waals surface area contributed by atoms with E-state index in [1.54, 1.807) is 12.1 Å². The van der Waals surface area contributed by atoms with Crippen molar-refractivity contribution in [2.45, 2.75) is 88.7 Å². The van der Waals surface area contributed by atoms with Gasteiger partial charge >= 0.3 is 0 Å². The van der Waals surface area contributed by atoms with Crippen molar-refractivity contribution in [3.63, 3.8) is 0 Å². The highest BCUT2D eigenvalue weighted by Gasteiger charge is 2.40. The van der Waals surface area contributed by atoms with Gasteiger partial charge in [0, 0.05) is 0 Å². The van der Waals surface area contributed by atoms with Crippen molar-refractivity contribution in [1.82, 2.24) is 4.47 Å². The molecule has 4 nitrogen and oxygen atoms in total. The van der Waals surface area contributed by atoms with Crippen molar-refractivity contribution in [3.8, 4) is 0 Å². The van der Waals surface area contributed by atoms with Crippen LogP contribution in [0.1, 0.15) is 75.8 Å². The summed E-state index contributed by atoms with van der Waals surface area (Å²) in [5.41, 5.74) is 2.08. The Morgan fingerprint density at radius 3 is 2.28 bits per heavy atom. The molecule has 2 aromatic rings. The van der Waals surface area contributed by atoms with Gasteiger partial charge in [0.1, 0.15) is 0 Å². The zero-order chi connectivity index (χ0) is 22.8. The van der Waals surface area contributed by atoms with Gasteiger partial charge in [-0.2, -0.15) is 0 Å². The molecular weight excluding hydrogens is 418 g/mol. The number of benzene rings is 2. The topological polar surface area (TPSA) is 46.6 Å². The molecule has 174 valence electrons. The summed E-state index contributed by atoms with van der Waals surface area (Å²) >= 11 is 0. The zero-order valence-corrected chi connectivity index (χ0v) is 20.3. The van der Waals surface area contributed by atoms with E-state index in [2.05, 4.69) is 6.92 Å². The molecule has 5 heteroatoms. The van der Waals surface area contributed by atoms with Crippen molar-refractivity contribution < 1.29 is 13.3 Å². The van der Waals surface area contributed by atoms with Gasteiger partial charge in [0.2, 0.25) is 0 Å². The Kier molecular flexibility index (Phi) is 9.51. The molecular formula is C27H37NO3S. The van der Waals surface area contributed by atoms with E-state index in [9.17, 15) is 8.42 Å². The first-order chi connectivity index (χ1) is 15.5. The zero-order valence-electron chi connectivity index (χ0n) is 19.4. The summed E-state index contributed by atoms with van der Waals surface area (Å²) in [5.74, 6) is 0. The fraction of sp³-hybridized carbons (Fsp3) is 0.481. The van der Waals surface area contributed by atoms with Crippen LogP contribution in [0.25, 0.3) is 6.08 Å². The largest absolute Gasteiger partial charge is 0.280 e. The molecule has 0 amide bonds. The van der Waals surface area contributed by atoms with E-state index < -0.39 is 10.0 Å². The number of sulfonamides is 1. The molecule has 3 rings (SSSR count). The van der Waals surface area contributed by atoms with Crippen LogP contribution < -0.4 is 0 Å². The molecule has 0 N–H and O–H groups in total. The molecule has 1 fully saturated rings. The van der Waals surface area contributed by atoms with E-state index in [-0.39, 0.29) is 17.0 Å². The van der Waals surface area contributed by atoms with Gasteiger partial charge in [-0.25, -0.2) is 8.42 Å². The number of unbranched alkanes of at least 4 members (excludes halogenated alkanes) is 6. The Bertz CT molecular complexity index is 939. The fourth-order valence-electron chi connectivity index (χ4n) is 4.11. The highest BCUT2D eigenvalue weighted by Crippen LogP contribution is 2.32. The molecule has 0 spiro atoms. The molecule has 2 unspecified atom stereocenters. The lowest BCUT2D eigenvalue weighted by molar-refractivity contribution is -0.0865. The maximum atomic E-state index is 13.4. The molecule has 1 saturated heterocycles. The summed E-state index contributed by atoms with van der Waals surface area (Å²) in [6.45, 7) is 4.18. The van der Waals surface area contributed by atoms with Crippen molar-refractivity contribution in [2.24, 2.45) is 0 Å². The van der Waals surface area contributed by atoms with E-state index >= 15 is 0 Å². The average molecular weight is 456 g/mol. The predicted molar refractivity (Wildman–Crippen MR) is 132 cm³/mol. The highest BCUT2D eigenvalue weighted by atomic mass is 32.2. The van der Waals surface area contributed by atoms with Crippen molar-refractivity contribution >= 4 is 16.1 Å². The number of aryl methyl sites for hydroxylation is 1. The van der Waals surface area contributed by atoms with E-state index in [0.717, 1.165) is 24.0 Å². The SMILES string of the molecule is CCCCCCCCCC1CC(/C=C/c2ccccc2)N(S(=O)(=O)c2ccc(C)cc2)O1. The average Bonchev–Trinajstić information content (AvgIpc) is 3.22. The van der Waals surface area contributed by atoms with Crippen LogP contribution in [0.2, 0.25) is 0 Å². The summed E-state index contributed by atoms with van der Waals surface area (Å²) < 4.78 is 28.0. The molecule has 0 saturated carbocycles. The number of hydrogen-bond donors (Lipinski definition) is 0. The van der Waals surface area contributed by atoms with Crippen LogP contribution in [0, 0.1) is 6.92 Å². The minimum atomic E-state index is -3.73. The lowest BCUT2D eigenvalue weighted by Crippen LogP contribution is -2.33. The van der Waals surface area contributed by atoms with Crippen molar-refractivity contribution in [3.05, 3.63) is 71.8 Å². The molecule has 0 aliphatic carbocycles. The van der Waals surface area contributed by atoms with E-state index in [1.165, 1.54) is 43.0 Å². The molecule has 1 heterocycles. The third-order valence-corrected chi connectivity index (χ3v) is 7.72. The second-order valence-electron chi connectivity index (χ2n) is 8.78. The second-order valence-corrected chi connectivity index (χ2v) is 10.6. The van der Waals surface area contributed by atoms with Crippen molar-refractivity contribution in [2.75, 3.05) is 0 Å². The summed E-state index contributed by atoms with van der Waals surface area (Å²) in [6, 6.07) is 16.6. The number of hydroxylamine groups is 1. The van der Waals surface area contributed by atoms with Crippen molar-refractivity contribution in [1.29, 1.82) is 0 Å². The van der Waals surface area contributed by atoms with Crippen LogP contribution in [0.5, 0.6) is 0 Å². The molecule has 0 bridgehead atoms. The Morgan fingerprint density at radius 1 is 0.938 bits per heavy atom. The quantitative estimate of drug-likeness (QED) is 0.327. The Balaban J connectivity index is 1.67. The van der Waals surface area contributed by atoms with Gasteiger partial charge in [0.25, 0.3) is 10.0 Å². The van der Waals surface area contributed by atoms with Crippen LogP contribution in [0.3, 0.4) is 0 Å². The van der Waals surface area contributed by atoms with Gasteiger partial charge in [-0.1, -0.05) is 117 Å². The van der Waals surface area contributed by atoms with Gasteiger partial charge < -0.3 is 0 Å². The molecule has 2 aromatic carbocycles. The second kappa shape index (κ2) is 12.3. The summed E-state index contributed by atoms with van der Waals surface area (Å²) in [6.07, 6.45) is 14.1. The van der Waals surface area contributed by atoms with Crippen LogP contribution in [-0.2, 0) is 14.9 Å². The minimum Gasteiger partial charge on any atom is -0.280 e. The summed E-state index contributed by atoms with van der Waals surface area (Å²) in [5, 5.41) is 0. The molecule has 0 radical (unpaired) electrons. The van der Waals surface area contributed by atoms with Gasteiger partial charge in [-0.05, 0) is 37.5 Å². The van der Waals surface area contributed by atoms with Crippen LogP contribution >= 0.6 is 0 Å². The summed E-state index contributed by atoms with van der Waals surface area (Å²) in [7, 11) is -3.73. The van der Waals surface area contributed by atoms with Gasteiger partial charge in [-0.3, -0.25) is 4.84 Å². The molecule has 2 atom stereocenters. The number of rotatable bonds is 12. The monoisotopic (exact) mass is 455 g/mol. The fourth-order valence-corrected chi connectivity index (χ4v) is 5.54. The van der Waals surface area contributed by atoms with E-state index in [0.29, 0.717) is 6.42 Å². The van der Waals surface area contributed by atoms with E-state index in [1.807, 2.05) is 61.5 Å². The Labute approximate surface area is 194 Å². The van der Waals surface area contributed by atoms with Crippen LogP contribution in [0.4, 0.5) is 0 Å². The Morgan fingerprint density at radius 2 is 1.59 bits per heavy atom. The van der Waals surface area contributed by atoms with Crippen LogP contribution in [0.15, 0.2) is 65.6 Å². The third-order valence-electron chi connectivity index (χ3n) is 6.02. The third kappa shape index (κ3) is 7.03. The number of nitrogens with zero attached hydrogens (tertiary/aromatic N) is 1. The first kappa shape index (κ1) is 24.7. The minimum absolute atomic E-state index is 0.0729. The predicted octanol–water partition coefficient (Wildman–Crippen LogP) is 6.91. The van der Waals surface area contributed by atoms with E-state index in [4.69, 9.17) is 4.84 Å². The van der Waals surface area contributed by atoms with Gasteiger partial charge in [-0.15, -0.1) is 0 Å². The molecule has 0 aromatic heterocycles. The first-order valence-corrected chi connectivity index (χ1v) is 13.5. The molecule has 1 aliphatic rings. The standard InChI is InChI=1S/C27H37NO3S/c1-3-4-5-6-7-8-12-15-26-22-25(19-18-24-13-10-9-11-14-24)28(31-26)32(29,30)27-20-16-23(2)17-21-27/h9-11,13-14,16-21,25-26H,3-8,12,15,22H2,1-2H3/b19-18+. The van der Waals surface area contributed by atoms with Crippen LogP contribution in [-0.4, -0.2) is 25.0 Å².